The fourth-order valence-corrected chi connectivity index (χ4v) is 2.74. The van der Waals surface area contributed by atoms with Gasteiger partial charge in [0.25, 0.3) is 0 Å². The minimum Gasteiger partial charge on any atom is -0.492 e. The SMILES string of the molecule is Cc1ccc(C(C)C)c(OCCSc2nc(N)cc(N)n2)c1. The molecule has 4 N–H and O–H groups in total. The van der Waals surface area contributed by atoms with Crippen LogP contribution in [0.2, 0.25) is 0 Å². The molecule has 1 heterocycles. The first-order chi connectivity index (χ1) is 10.5. The van der Waals surface area contributed by atoms with Crippen LogP contribution in [-0.2, 0) is 0 Å². The van der Waals surface area contributed by atoms with Crippen LogP contribution in [0.3, 0.4) is 0 Å². The van der Waals surface area contributed by atoms with Crippen molar-refractivity contribution < 1.29 is 4.74 Å². The van der Waals surface area contributed by atoms with Gasteiger partial charge in [0.2, 0.25) is 0 Å². The molecule has 0 unspecified atom stereocenters. The second-order valence-electron chi connectivity index (χ2n) is 5.39. The standard InChI is InChI=1S/C16H22N4OS/c1-10(2)12-5-4-11(3)8-13(12)21-6-7-22-16-19-14(17)9-15(18)20-16/h4-5,8-10H,6-7H2,1-3H3,(H4,17,18,19,20). The minimum atomic E-state index is 0.386. The molecular weight excluding hydrogens is 296 g/mol. The molecule has 2 rings (SSSR count). The molecule has 22 heavy (non-hydrogen) atoms. The summed E-state index contributed by atoms with van der Waals surface area (Å²) in [4.78, 5) is 8.27. The molecular formula is C16H22N4OS. The Hall–Kier alpha value is -1.95. The van der Waals surface area contributed by atoms with E-state index in [0.717, 1.165) is 11.5 Å². The van der Waals surface area contributed by atoms with Crippen LogP contribution in [0, 0.1) is 6.92 Å². The zero-order valence-electron chi connectivity index (χ0n) is 13.2. The summed E-state index contributed by atoms with van der Waals surface area (Å²) in [6.07, 6.45) is 0. The molecule has 0 aliphatic heterocycles. The highest BCUT2D eigenvalue weighted by atomic mass is 32.2. The third-order valence-corrected chi connectivity index (χ3v) is 3.92. The van der Waals surface area contributed by atoms with Crippen LogP contribution in [0.1, 0.15) is 30.9 Å². The topological polar surface area (TPSA) is 87.0 Å². The zero-order valence-corrected chi connectivity index (χ0v) is 14.0. The Morgan fingerprint density at radius 2 is 1.82 bits per heavy atom. The van der Waals surface area contributed by atoms with Crippen LogP contribution < -0.4 is 16.2 Å². The molecule has 0 fully saturated rings. The summed E-state index contributed by atoms with van der Waals surface area (Å²) in [6.45, 7) is 6.96. The van der Waals surface area contributed by atoms with Crippen molar-refractivity contribution in [2.45, 2.75) is 31.8 Å². The first-order valence-corrected chi connectivity index (χ1v) is 8.20. The van der Waals surface area contributed by atoms with Crippen molar-refractivity contribution in [3.05, 3.63) is 35.4 Å². The van der Waals surface area contributed by atoms with E-state index in [4.69, 9.17) is 16.2 Å². The summed E-state index contributed by atoms with van der Waals surface area (Å²) in [5.41, 5.74) is 13.7. The van der Waals surface area contributed by atoms with Crippen LogP contribution >= 0.6 is 11.8 Å². The number of nitrogens with zero attached hydrogens (tertiary/aromatic N) is 2. The van der Waals surface area contributed by atoms with E-state index in [0.29, 0.717) is 29.3 Å². The van der Waals surface area contributed by atoms with Gasteiger partial charge < -0.3 is 16.2 Å². The first-order valence-electron chi connectivity index (χ1n) is 7.22. The first kappa shape index (κ1) is 16.4. The number of anilines is 2. The van der Waals surface area contributed by atoms with Crippen molar-refractivity contribution in [3.8, 4) is 5.75 Å². The van der Waals surface area contributed by atoms with Gasteiger partial charge in [0.15, 0.2) is 5.16 Å². The van der Waals surface area contributed by atoms with Crippen molar-refractivity contribution in [3.63, 3.8) is 0 Å². The summed E-state index contributed by atoms with van der Waals surface area (Å²) < 4.78 is 5.92. The molecule has 5 nitrogen and oxygen atoms in total. The summed E-state index contributed by atoms with van der Waals surface area (Å²) in [7, 11) is 0. The van der Waals surface area contributed by atoms with E-state index in [1.54, 1.807) is 6.07 Å². The highest BCUT2D eigenvalue weighted by Crippen LogP contribution is 2.27. The Morgan fingerprint density at radius 1 is 1.14 bits per heavy atom. The lowest BCUT2D eigenvalue weighted by Gasteiger charge is -2.14. The Labute approximate surface area is 135 Å². The van der Waals surface area contributed by atoms with Gasteiger partial charge in [0.05, 0.1) is 6.61 Å². The van der Waals surface area contributed by atoms with Gasteiger partial charge in [-0.2, -0.15) is 0 Å². The fraction of sp³-hybridized carbons (Fsp3) is 0.375. The Kier molecular flexibility index (Phi) is 5.49. The van der Waals surface area contributed by atoms with Crippen molar-refractivity contribution in [1.29, 1.82) is 0 Å². The average Bonchev–Trinajstić information content (AvgIpc) is 2.42. The second-order valence-corrected chi connectivity index (χ2v) is 6.46. The van der Waals surface area contributed by atoms with Crippen LogP contribution in [0.5, 0.6) is 5.75 Å². The molecule has 0 spiro atoms. The van der Waals surface area contributed by atoms with E-state index < -0.39 is 0 Å². The van der Waals surface area contributed by atoms with Crippen LogP contribution in [0.4, 0.5) is 11.6 Å². The maximum absolute atomic E-state index is 5.92. The van der Waals surface area contributed by atoms with Gasteiger partial charge in [0, 0.05) is 11.8 Å². The normalized spacial score (nSPS) is 10.9. The van der Waals surface area contributed by atoms with Crippen LogP contribution in [0.25, 0.3) is 0 Å². The van der Waals surface area contributed by atoms with Crippen molar-refractivity contribution >= 4 is 23.4 Å². The van der Waals surface area contributed by atoms with Crippen molar-refractivity contribution in [2.75, 3.05) is 23.8 Å². The number of nitrogen functional groups attached to an aromatic ring is 2. The lowest BCUT2D eigenvalue weighted by molar-refractivity contribution is 0.338. The average molecular weight is 318 g/mol. The van der Waals surface area contributed by atoms with Gasteiger partial charge in [-0.15, -0.1) is 0 Å². The number of thioether (sulfide) groups is 1. The fourth-order valence-electron chi connectivity index (χ4n) is 2.05. The van der Waals surface area contributed by atoms with Gasteiger partial charge in [0.1, 0.15) is 17.4 Å². The smallest absolute Gasteiger partial charge is 0.191 e. The molecule has 1 aromatic heterocycles. The summed E-state index contributed by atoms with van der Waals surface area (Å²) >= 11 is 1.48. The predicted octanol–water partition coefficient (Wildman–Crippen LogP) is 3.24. The van der Waals surface area contributed by atoms with Crippen LogP contribution in [0.15, 0.2) is 29.4 Å². The van der Waals surface area contributed by atoms with E-state index in [1.165, 1.54) is 22.9 Å². The van der Waals surface area contributed by atoms with Gasteiger partial charge in [-0.05, 0) is 30.0 Å². The Balaban J connectivity index is 1.92. The third kappa shape index (κ3) is 4.53. The van der Waals surface area contributed by atoms with Crippen molar-refractivity contribution in [1.82, 2.24) is 9.97 Å². The van der Waals surface area contributed by atoms with Gasteiger partial charge in [-0.25, -0.2) is 9.97 Å². The second kappa shape index (κ2) is 7.35. The molecule has 0 atom stereocenters. The number of nitrogens with two attached hydrogens (primary N) is 2. The Bertz CT molecular complexity index is 626. The van der Waals surface area contributed by atoms with E-state index in [-0.39, 0.29) is 0 Å². The highest BCUT2D eigenvalue weighted by molar-refractivity contribution is 7.99. The molecule has 0 saturated heterocycles. The summed E-state index contributed by atoms with van der Waals surface area (Å²) in [5.74, 6) is 2.88. The third-order valence-electron chi connectivity index (χ3n) is 3.11. The minimum absolute atomic E-state index is 0.386. The zero-order chi connectivity index (χ0) is 16.1. The molecule has 0 aliphatic rings. The Morgan fingerprint density at radius 3 is 2.45 bits per heavy atom. The molecule has 2 aromatic rings. The molecule has 118 valence electrons. The quantitative estimate of drug-likeness (QED) is 0.483. The highest BCUT2D eigenvalue weighted by Gasteiger charge is 2.08. The maximum atomic E-state index is 5.92. The number of hydrogen-bond acceptors (Lipinski definition) is 6. The predicted molar refractivity (Wildman–Crippen MR) is 92.3 cm³/mol. The number of aryl methyl sites for hydroxylation is 1. The largest absolute Gasteiger partial charge is 0.492 e. The van der Waals surface area contributed by atoms with E-state index in [2.05, 4.69) is 48.9 Å². The van der Waals surface area contributed by atoms with E-state index in [9.17, 15) is 0 Å². The molecule has 0 radical (unpaired) electrons. The lowest BCUT2D eigenvalue weighted by Crippen LogP contribution is -2.05. The van der Waals surface area contributed by atoms with Crippen molar-refractivity contribution in [2.24, 2.45) is 0 Å². The summed E-state index contributed by atoms with van der Waals surface area (Å²) in [5, 5.41) is 0.578. The van der Waals surface area contributed by atoms with Gasteiger partial charge in [-0.1, -0.05) is 37.7 Å². The van der Waals surface area contributed by atoms with Crippen LogP contribution in [-0.4, -0.2) is 22.3 Å². The number of aromatic nitrogens is 2. The number of benzene rings is 1. The molecule has 0 aliphatic carbocycles. The molecule has 6 heteroatoms. The van der Waals surface area contributed by atoms with E-state index in [1.807, 2.05) is 0 Å². The monoisotopic (exact) mass is 318 g/mol. The number of ether oxygens (including phenoxy) is 1. The molecule has 0 saturated carbocycles. The molecule has 0 bridgehead atoms. The molecule has 0 amide bonds. The summed E-state index contributed by atoms with van der Waals surface area (Å²) in [6, 6.07) is 7.86. The number of rotatable bonds is 6. The van der Waals surface area contributed by atoms with Gasteiger partial charge >= 0.3 is 0 Å². The van der Waals surface area contributed by atoms with E-state index >= 15 is 0 Å². The lowest BCUT2D eigenvalue weighted by atomic mass is 10.0. The van der Waals surface area contributed by atoms with Gasteiger partial charge in [-0.3, -0.25) is 0 Å². The number of hydrogen-bond donors (Lipinski definition) is 2. The maximum Gasteiger partial charge on any atom is 0.191 e. The molecule has 1 aromatic carbocycles.